The highest BCUT2D eigenvalue weighted by Crippen LogP contribution is 2.40. The monoisotopic (exact) mass is 516 g/mol. The predicted molar refractivity (Wildman–Crippen MR) is 137 cm³/mol. The lowest BCUT2D eigenvalue weighted by Gasteiger charge is -2.30. The molecule has 0 bridgehead atoms. The molecule has 0 aromatic heterocycles. The van der Waals surface area contributed by atoms with Crippen LogP contribution in [0.15, 0.2) is 47.4 Å². The molecule has 0 fully saturated rings. The van der Waals surface area contributed by atoms with Crippen LogP contribution in [0, 0.1) is 5.92 Å². The summed E-state index contributed by atoms with van der Waals surface area (Å²) in [5, 5.41) is 12.7. The molecule has 9 heteroatoms. The van der Waals surface area contributed by atoms with Crippen molar-refractivity contribution in [3.8, 4) is 0 Å². The van der Waals surface area contributed by atoms with E-state index in [1.807, 2.05) is 40.7 Å². The third-order valence-corrected chi connectivity index (χ3v) is 7.92. The SMILES string of the molecule is CCS(=O)(=O)c1ccc(C(CO)NC(=O)c2ccc3c(c2)CN(C(=O)OC(C)(C)C)C3C(C)C)cc1. The van der Waals surface area contributed by atoms with E-state index in [1.165, 1.54) is 12.1 Å². The van der Waals surface area contributed by atoms with E-state index in [0.717, 1.165) is 11.1 Å². The number of hydrogen-bond donors (Lipinski definition) is 2. The van der Waals surface area contributed by atoms with Crippen LogP contribution < -0.4 is 5.32 Å². The summed E-state index contributed by atoms with van der Waals surface area (Å²) in [6, 6.07) is 10.7. The number of sulfone groups is 1. The van der Waals surface area contributed by atoms with Gasteiger partial charge in [0.2, 0.25) is 0 Å². The van der Waals surface area contributed by atoms with Crippen molar-refractivity contribution in [3.05, 3.63) is 64.7 Å². The van der Waals surface area contributed by atoms with E-state index in [2.05, 4.69) is 5.32 Å². The van der Waals surface area contributed by atoms with Crippen molar-refractivity contribution < 1.29 is 27.9 Å². The topological polar surface area (TPSA) is 113 Å². The summed E-state index contributed by atoms with van der Waals surface area (Å²) >= 11 is 0. The standard InChI is InChI=1S/C27H36N2O6S/c1-7-36(33,34)21-11-8-18(9-12-21)23(16-30)28-25(31)19-10-13-22-20(14-19)15-29(24(22)17(2)3)26(32)35-27(4,5)6/h8-14,17,23-24,30H,7,15-16H2,1-6H3,(H,28,31). The summed E-state index contributed by atoms with van der Waals surface area (Å²) in [6.07, 6.45) is -0.391. The molecule has 2 amide bonds. The summed E-state index contributed by atoms with van der Waals surface area (Å²) in [7, 11) is -3.34. The van der Waals surface area contributed by atoms with Crippen LogP contribution in [0.25, 0.3) is 0 Å². The number of fused-ring (bicyclic) bond motifs is 1. The van der Waals surface area contributed by atoms with Gasteiger partial charge in [0, 0.05) is 5.56 Å². The number of nitrogens with zero attached hydrogens (tertiary/aromatic N) is 1. The van der Waals surface area contributed by atoms with Crippen molar-refractivity contribution in [1.82, 2.24) is 10.2 Å². The predicted octanol–water partition coefficient (Wildman–Crippen LogP) is 4.39. The first-order valence-electron chi connectivity index (χ1n) is 12.1. The molecule has 2 aromatic rings. The minimum absolute atomic E-state index is 0.00609. The van der Waals surface area contributed by atoms with Gasteiger partial charge in [-0.15, -0.1) is 0 Å². The number of benzene rings is 2. The fraction of sp³-hybridized carbons (Fsp3) is 0.481. The van der Waals surface area contributed by atoms with Gasteiger partial charge in [0.05, 0.1) is 35.9 Å². The minimum Gasteiger partial charge on any atom is -0.444 e. The van der Waals surface area contributed by atoms with Gasteiger partial charge in [0.1, 0.15) is 5.60 Å². The second-order valence-electron chi connectivity index (χ2n) is 10.4. The number of ether oxygens (including phenoxy) is 1. The molecule has 2 atom stereocenters. The molecule has 0 radical (unpaired) electrons. The first-order chi connectivity index (χ1) is 16.8. The lowest BCUT2D eigenvalue weighted by molar-refractivity contribution is 0.0127. The number of aliphatic hydroxyl groups is 1. The van der Waals surface area contributed by atoms with E-state index in [4.69, 9.17) is 4.74 Å². The summed E-state index contributed by atoms with van der Waals surface area (Å²) in [6.45, 7) is 11.1. The molecule has 0 saturated heterocycles. The van der Waals surface area contributed by atoms with E-state index in [1.54, 1.807) is 36.1 Å². The number of nitrogens with one attached hydrogen (secondary N) is 1. The molecule has 2 unspecified atom stereocenters. The lowest BCUT2D eigenvalue weighted by Crippen LogP contribution is -2.37. The summed E-state index contributed by atoms with van der Waals surface area (Å²) in [5.41, 5.74) is 2.25. The number of aliphatic hydroxyl groups excluding tert-OH is 1. The molecular weight excluding hydrogens is 480 g/mol. The number of carbonyl (C=O) groups is 2. The molecule has 0 saturated carbocycles. The van der Waals surface area contributed by atoms with Crippen molar-refractivity contribution in [3.63, 3.8) is 0 Å². The van der Waals surface area contributed by atoms with Gasteiger partial charge in [-0.3, -0.25) is 9.69 Å². The van der Waals surface area contributed by atoms with Crippen LogP contribution in [0.2, 0.25) is 0 Å². The molecule has 1 aliphatic rings. The molecule has 8 nitrogen and oxygen atoms in total. The molecule has 2 aromatic carbocycles. The fourth-order valence-corrected chi connectivity index (χ4v) is 5.27. The fourth-order valence-electron chi connectivity index (χ4n) is 4.39. The number of hydrogen-bond acceptors (Lipinski definition) is 6. The molecule has 196 valence electrons. The Morgan fingerprint density at radius 2 is 1.78 bits per heavy atom. The average molecular weight is 517 g/mol. The normalized spacial score (nSPS) is 16.6. The Labute approximate surface area is 213 Å². The maximum absolute atomic E-state index is 13.1. The van der Waals surface area contributed by atoms with Crippen molar-refractivity contribution in [2.24, 2.45) is 5.92 Å². The van der Waals surface area contributed by atoms with E-state index < -0.39 is 27.6 Å². The quantitative estimate of drug-likeness (QED) is 0.564. The van der Waals surface area contributed by atoms with Crippen molar-refractivity contribution in [2.45, 2.75) is 70.7 Å². The van der Waals surface area contributed by atoms with E-state index >= 15 is 0 Å². The van der Waals surface area contributed by atoms with E-state index in [9.17, 15) is 23.1 Å². The molecular formula is C27H36N2O6S. The zero-order valence-electron chi connectivity index (χ0n) is 21.7. The van der Waals surface area contributed by atoms with Gasteiger partial charge in [-0.05, 0) is 67.6 Å². The molecule has 0 aliphatic carbocycles. The van der Waals surface area contributed by atoms with Crippen LogP contribution in [0.5, 0.6) is 0 Å². The summed E-state index contributed by atoms with van der Waals surface area (Å²) < 4.78 is 29.7. The second-order valence-corrected chi connectivity index (χ2v) is 12.7. The zero-order chi connectivity index (χ0) is 26.8. The van der Waals surface area contributed by atoms with Gasteiger partial charge in [-0.1, -0.05) is 39.0 Å². The largest absolute Gasteiger partial charge is 0.444 e. The number of carbonyl (C=O) groups excluding carboxylic acids is 2. The second kappa shape index (κ2) is 10.6. The summed E-state index contributed by atoms with van der Waals surface area (Å²) in [4.78, 5) is 27.8. The van der Waals surface area contributed by atoms with Crippen molar-refractivity contribution in [1.29, 1.82) is 0 Å². The molecule has 36 heavy (non-hydrogen) atoms. The number of amides is 2. The first-order valence-corrected chi connectivity index (χ1v) is 13.8. The van der Waals surface area contributed by atoms with Crippen LogP contribution in [-0.4, -0.2) is 48.4 Å². The Kier molecular flexibility index (Phi) is 8.15. The molecule has 0 spiro atoms. The average Bonchev–Trinajstić information content (AvgIpc) is 3.21. The van der Waals surface area contributed by atoms with Crippen LogP contribution in [0.1, 0.15) is 80.7 Å². The van der Waals surface area contributed by atoms with Crippen molar-refractivity contribution >= 4 is 21.8 Å². The van der Waals surface area contributed by atoms with Gasteiger partial charge < -0.3 is 15.2 Å². The smallest absolute Gasteiger partial charge is 0.411 e. The Balaban J connectivity index is 1.80. The van der Waals surface area contributed by atoms with Gasteiger partial charge in [-0.2, -0.15) is 0 Å². The Hall–Kier alpha value is -2.91. The zero-order valence-corrected chi connectivity index (χ0v) is 22.6. The maximum atomic E-state index is 13.1. The minimum atomic E-state index is -3.34. The molecule has 2 N–H and O–H groups in total. The Morgan fingerprint density at radius 1 is 1.14 bits per heavy atom. The molecule has 1 aliphatic heterocycles. The van der Waals surface area contributed by atoms with Crippen LogP contribution in [0.3, 0.4) is 0 Å². The van der Waals surface area contributed by atoms with Gasteiger partial charge in [0.15, 0.2) is 9.84 Å². The third kappa shape index (κ3) is 6.07. The highest BCUT2D eigenvalue weighted by Gasteiger charge is 2.38. The lowest BCUT2D eigenvalue weighted by atomic mass is 9.94. The molecule has 3 rings (SSSR count). The van der Waals surface area contributed by atoms with Crippen LogP contribution in [0.4, 0.5) is 4.79 Å². The highest BCUT2D eigenvalue weighted by molar-refractivity contribution is 7.91. The Morgan fingerprint density at radius 3 is 2.31 bits per heavy atom. The van der Waals surface area contributed by atoms with Gasteiger partial charge in [0.25, 0.3) is 5.91 Å². The van der Waals surface area contributed by atoms with E-state index in [0.29, 0.717) is 17.7 Å². The van der Waals surface area contributed by atoms with Crippen molar-refractivity contribution in [2.75, 3.05) is 12.4 Å². The number of rotatable bonds is 7. The highest BCUT2D eigenvalue weighted by atomic mass is 32.2. The maximum Gasteiger partial charge on any atom is 0.411 e. The van der Waals surface area contributed by atoms with Gasteiger partial charge in [-0.25, -0.2) is 13.2 Å². The Bertz CT molecular complexity index is 1220. The first kappa shape index (κ1) is 27.7. The summed E-state index contributed by atoms with van der Waals surface area (Å²) in [5.74, 6) is -0.232. The third-order valence-electron chi connectivity index (χ3n) is 6.17. The molecule has 1 heterocycles. The van der Waals surface area contributed by atoms with Crippen LogP contribution in [-0.2, 0) is 21.1 Å². The van der Waals surface area contributed by atoms with E-state index in [-0.39, 0.29) is 35.1 Å². The van der Waals surface area contributed by atoms with Crippen LogP contribution >= 0.6 is 0 Å². The van der Waals surface area contributed by atoms with Gasteiger partial charge >= 0.3 is 6.09 Å².